The molecule has 1 saturated heterocycles. The monoisotopic (exact) mass is 377 g/mol. The van der Waals surface area contributed by atoms with Crippen LogP contribution < -0.4 is 0 Å². The third kappa shape index (κ3) is 2.83. The molecule has 1 aliphatic heterocycles. The van der Waals surface area contributed by atoms with E-state index in [1.807, 2.05) is 6.92 Å². The molecule has 1 fully saturated rings. The van der Waals surface area contributed by atoms with Crippen molar-refractivity contribution in [3.63, 3.8) is 0 Å². The minimum Gasteiger partial charge on any atom is -0.363 e. The number of benzene rings is 1. The lowest BCUT2D eigenvalue weighted by Gasteiger charge is -2.33. The third-order valence-electron chi connectivity index (χ3n) is 5.33. The first-order valence-corrected chi connectivity index (χ1v) is 9.00. The molecule has 2 heterocycles. The van der Waals surface area contributed by atoms with Gasteiger partial charge in [0.15, 0.2) is 11.5 Å². The van der Waals surface area contributed by atoms with Crippen molar-refractivity contribution in [1.82, 2.24) is 4.98 Å². The highest BCUT2D eigenvalue weighted by Gasteiger charge is 2.58. The molecule has 1 aromatic heterocycles. The van der Waals surface area contributed by atoms with Crippen LogP contribution in [0.4, 0.5) is 8.78 Å². The summed E-state index contributed by atoms with van der Waals surface area (Å²) in [6.45, 7) is 2.34. The number of halogens is 3. The molecule has 6 heteroatoms. The maximum atomic E-state index is 15.8. The van der Waals surface area contributed by atoms with Gasteiger partial charge in [-0.15, -0.1) is 0 Å². The number of ketones is 1. The third-order valence-corrected chi connectivity index (χ3v) is 5.68. The Hall–Kier alpha value is -1.85. The second kappa shape index (κ2) is 6.10. The van der Waals surface area contributed by atoms with Gasteiger partial charge in [0.05, 0.1) is 12.3 Å². The van der Waals surface area contributed by atoms with Crippen LogP contribution in [0.5, 0.6) is 0 Å². The number of epoxide rings is 1. The highest BCUT2D eigenvalue weighted by atomic mass is 35.5. The predicted molar refractivity (Wildman–Crippen MR) is 93.4 cm³/mol. The summed E-state index contributed by atoms with van der Waals surface area (Å²) < 4.78 is 34.5. The van der Waals surface area contributed by atoms with E-state index in [1.54, 1.807) is 12.3 Å². The number of carbonyl (C=O) groups is 1. The number of ether oxygens (including phenoxy) is 1. The zero-order valence-electron chi connectivity index (χ0n) is 14.3. The summed E-state index contributed by atoms with van der Waals surface area (Å²) in [6.07, 6.45) is 2.45. The summed E-state index contributed by atoms with van der Waals surface area (Å²) in [5.74, 6) is -0.938. The molecule has 0 saturated carbocycles. The lowest BCUT2D eigenvalue weighted by atomic mass is 9.74. The maximum Gasteiger partial charge on any atom is 0.195 e. The number of hydrogen-bond donors (Lipinski definition) is 0. The fourth-order valence-corrected chi connectivity index (χ4v) is 3.95. The van der Waals surface area contributed by atoms with Gasteiger partial charge < -0.3 is 4.74 Å². The van der Waals surface area contributed by atoms with Crippen molar-refractivity contribution in [3.05, 3.63) is 63.7 Å². The van der Waals surface area contributed by atoms with Crippen molar-refractivity contribution in [2.24, 2.45) is 0 Å². The Morgan fingerprint density at radius 1 is 1.35 bits per heavy atom. The van der Waals surface area contributed by atoms with Gasteiger partial charge in [-0.25, -0.2) is 8.78 Å². The predicted octanol–water partition coefficient (Wildman–Crippen LogP) is 4.57. The van der Waals surface area contributed by atoms with Gasteiger partial charge in [-0.05, 0) is 55.5 Å². The molecule has 0 unspecified atom stereocenters. The number of carbonyl (C=O) groups excluding carboxylic acids is 1. The first-order valence-electron chi connectivity index (χ1n) is 8.62. The zero-order chi connectivity index (χ0) is 18.5. The van der Waals surface area contributed by atoms with E-state index in [0.717, 1.165) is 5.56 Å². The average Bonchev–Trinajstić information content (AvgIpc) is 3.38. The normalized spacial score (nSPS) is 26.6. The molecule has 0 N–H and O–H groups in total. The SMILES string of the molecule is Cc1cnc2c(c1)[C@](F)(C(=O)CCc1ccc(F)cc1Cl)CC[C@@]21CO1. The Labute approximate surface area is 155 Å². The summed E-state index contributed by atoms with van der Waals surface area (Å²) in [5, 5.41) is 0.248. The second-order valence-corrected chi connectivity index (χ2v) is 7.56. The standard InChI is InChI=1S/C20H18ClF2NO2/c1-12-8-15-18(24-10-12)19(11-26-19)6-7-20(15,23)17(25)5-3-13-2-4-14(22)9-16(13)21/h2,4,8-10H,3,5-7,11H2,1H3/t19-,20+/m1/s1. The van der Waals surface area contributed by atoms with Crippen LogP contribution >= 0.6 is 11.6 Å². The molecular weight excluding hydrogens is 360 g/mol. The van der Waals surface area contributed by atoms with E-state index >= 15 is 4.39 Å². The minimum atomic E-state index is -2.07. The van der Waals surface area contributed by atoms with E-state index in [4.69, 9.17) is 16.3 Å². The number of aromatic nitrogens is 1. The lowest BCUT2D eigenvalue weighted by Crippen LogP contribution is -2.39. The molecule has 0 amide bonds. The highest BCUT2D eigenvalue weighted by Crippen LogP contribution is 2.53. The van der Waals surface area contributed by atoms with Crippen LogP contribution in [-0.2, 0) is 27.2 Å². The van der Waals surface area contributed by atoms with Crippen LogP contribution in [0, 0.1) is 12.7 Å². The molecule has 1 aliphatic carbocycles. The topological polar surface area (TPSA) is 42.5 Å². The molecule has 2 atom stereocenters. The van der Waals surface area contributed by atoms with Crippen molar-refractivity contribution in [1.29, 1.82) is 0 Å². The Morgan fingerprint density at radius 2 is 2.12 bits per heavy atom. The first-order chi connectivity index (χ1) is 12.3. The summed E-state index contributed by atoms with van der Waals surface area (Å²) in [7, 11) is 0. The Kier molecular flexibility index (Phi) is 4.12. The molecule has 0 bridgehead atoms. The van der Waals surface area contributed by atoms with Crippen molar-refractivity contribution in [2.75, 3.05) is 6.61 Å². The number of aryl methyl sites for hydroxylation is 2. The number of Topliss-reactive ketones (excluding diaryl/α,β-unsaturated/α-hetero) is 1. The summed E-state index contributed by atoms with van der Waals surface area (Å²) in [5.41, 5.74) is -0.276. The van der Waals surface area contributed by atoms with Crippen LogP contribution in [0.15, 0.2) is 30.5 Å². The smallest absolute Gasteiger partial charge is 0.195 e. The van der Waals surface area contributed by atoms with E-state index in [9.17, 15) is 9.18 Å². The van der Waals surface area contributed by atoms with Gasteiger partial charge in [0.25, 0.3) is 0 Å². The van der Waals surface area contributed by atoms with Crippen molar-refractivity contribution < 1.29 is 18.3 Å². The number of pyridine rings is 1. The van der Waals surface area contributed by atoms with Crippen molar-refractivity contribution in [2.45, 2.75) is 43.9 Å². The molecule has 3 nitrogen and oxygen atoms in total. The number of nitrogens with zero attached hydrogens (tertiary/aromatic N) is 1. The van der Waals surface area contributed by atoms with Crippen LogP contribution in [-0.4, -0.2) is 17.4 Å². The van der Waals surface area contributed by atoms with Crippen molar-refractivity contribution >= 4 is 17.4 Å². The van der Waals surface area contributed by atoms with Gasteiger partial charge in [0.2, 0.25) is 0 Å². The quantitative estimate of drug-likeness (QED) is 0.733. The van der Waals surface area contributed by atoms with Crippen LogP contribution in [0.3, 0.4) is 0 Å². The van der Waals surface area contributed by atoms with Gasteiger partial charge in [-0.3, -0.25) is 9.78 Å². The van der Waals surface area contributed by atoms with Crippen LogP contribution in [0.1, 0.15) is 41.6 Å². The Balaban J connectivity index is 1.60. The first kappa shape index (κ1) is 17.6. The average molecular weight is 378 g/mol. The van der Waals surface area contributed by atoms with E-state index in [0.29, 0.717) is 29.8 Å². The Bertz CT molecular complexity index is 897. The zero-order valence-corrected chi connectivity index (χ0v) is 15.1. The summed E-state index contributed by atoms with van der Waals surface area (Å²) in [6, 6.07) is 5.72. The molecule has 1 spiro atoms. The molecule has 4 rings (SSSR count). The second-order valence-electron chi connectivity index (χ2n) is 7.15. The summed E-state index contributed by atoms with van der Waals surface area (Å²) in [4.78, 5) is 17.2. The molecule has 26 heavy (non-hydrogen) atoms. The van der Waals surface area contributed by atoms with Gasteiger partial charge >= 0.3 is 0 Å². The molecule has 2 aliphatic rings. The number of fused-ring (bicyclic) bond motifs is 2. The fourth-order valence-electron chi connectivity index (χ4n) is 3.69. The lowest BCUT2D eigenvalue weighted by molar-refractivity contribution is -0.132. The largest absolute Gasteiger partial charge is 0.363 e. The molecular formula is C20H18ClF2NO2. The molecule has 0 radical (unpaired) electrons. The van der Waals surface area contributed by atoms with E-state index in [1.165, 1.54) is 18.2 Å². The van der Waals surface area contributed by atoms with Gasteiger partial charge in [-0.2, -0.15) is 0 Å². The van der Waals surface area contributed by atoms with E-state index < -0.39 is 22.9 Å². The number of alkyl halides is 1. The maximum absolute atomic E-state index is 15.8. The van der Waals surface area contributed by atoms with Crippen molar-refractivity contribution in [3.8, 4) is 0 Å². The summed E-state index contributed by atoms with van der Waals surface area (Å²) >= 11 is 6.01. The minimum absolute atomic E-state index is 0.0108. The van der Waals surface area contributed by atoms with Gasteiger partial charge in [0, 0.05) is 23.2 Å². The molecule has 136 valence electrons. The van der Waals surface area contributed by atoms with Crippen LogP contribution in [0.2, 0.25) is 5.02 Å². The number of rotatable bonds is 4. The Morgan fingerprint density at radius 3 is 2.81 bits per heavy atom. The van der Waals surface area contributed by atoms with E-state index in [-0.39, 0.29) is 24.3 Å². The number of hydrogen-bond acceptors (Lipinski definition) is 3. The van der Waals surface area contributed by atoms with E-state index in [2.05, 4.69) is 4.98 Å². The molecule has 1 aromatic carbocycles. The van der Waals surface area contributed by atoms with Gasteiger partial charge in [-0.1, -0.05) is 17.7 Å². The molecule has 2 aromatic rings. The van der Waals surface area contributed by atoms with Gasteiger partial charge in [0.1, 0.15) is 11.4 Å². The fraction of sp³-hybridized carbons (Fsp3) is 0.400. The van der Waals surface area contributed by atoms with Crippen LogP contribution in [0.25, 0.3) is 0 Å². The highest BCUT2D eigenvalue weighted by molar-refractivity contribution is 6.31.